The first-order valence-corrected chi connectivity index (χ1v) is 12.6. The predicted molar refractivity (Wildman–Crippen MR) is 146 cm³/mol. The minimum absolute atomic E-state index is 0.0716. The zero-order valence-electron chi connectivity index (χ0n) is 22.2. The quantitative estimate of drug-likeness (QED) is 0.486. The molecule has 5 rings (SSSR count). The number of methoxy groups -OCH3 is 1. The number of hydrogen-bond acceptors (Lipinski definition) is 6. The SMILES string of the molecule is COCCN(C)C(=O)c1cccc2c1CN(C)C=C2C(C)(O)c1ccc2c(c1)CNN2c1ccc(F)cc1. The van der Waals surface area contributed by atoms with Gasteiger partial charge in [0.2, 0.25) is 0 Å². The van der Waals surface area contributed by atoms with E-state index in [9.17, 15) is 14.3 Å². The zero-order valence-corrected chi connectivity index (χ0v) is 22.2. The summed E-state index contributed by atoms with van der Waals surface area (Å²) in [7, 11) is 5.34. The Morgan fingerprint density at radius 1 is 1.18 bits per heavy atom. The molecule has 3 aromatic rings. The maximum Gasteiger partial charge on any atom is 0.254 e. The lowest BCUT2D eigenvalue weighted by Gasteiger charge is -2.35. The van der Waals surface area contributed by atoms with Gasteiger partial charge in [-0.25, -0.2) is 9.82 Å². The molecule has 0 fully saturated rings. The van der Waals surface area contributed by atoms with Crippen molar-refractivity contribution in [2.24, 2.45) is 0 Å². The normalized spacial score (nSPS) is 16.0. The van der Waals surface area contributed by atoms with E-state index in [2.05, 4.69) is 5.43 Å². The number of nitrogens with zero attached hydrogens (tertiary/aromatic N) is 3. The number of carbonyl (C=O) groups is 1. The van der Waals surface area contributed by atoms with Gasteiger partial charge in [-0.1, -0.05) is 18.2 Å². The van der Waals surface area contributed by atoms with E-state index in [4.69, 9.17) is 4.74 Å². The molecule has 0 bridgehead atoms. The van der Waals surface area contributed by atoms with E-state index in [0.717, 1.165) is 39.2 Å². The Kier molecular flexibility index (Phi) is 6.96. The van der Waals surface area contributed by atoms with Crippen molar-refractivity contribution in [3.63, 3.8) is 0 Å². The molecule has 2 N–H and O–H groups in total. The lowest BCUT2D eigenvalue weighted by atomic mass is 9.79. The van der Waals surface area contributed by atoms with Crippen LogP contribution in [-0.4, -0.2) is 55.2 Å². The van der Waals surface area contributed by atoms with Crippen LogP contribution in [0.4, 0.5) is 15.8 Å². The van der Waals surface area contributed by atoms with Gasteiger partial charge in [0.05, 0.1) is 18.0 Å². The standard InChI is InChI=1S/C30H33FN4O3/c1-30(37,21-8-13-28-20(16-21)17-32-35(28)23-11-9-22(31)10-12-23)27-19-33(2)18-26-24(27)6-5-7-25(26)29(36)34(3)14-15-38-4/h5-13,16,19,32,37H,14-15,17-18H2,1-4H3. The fourth-order valence-corrected chi connectivity index (χ4v) is 5.19. The smallest absolute Gasteiger partial charge is 0.254 e. The summed E-state index contributed by atoms with van der Waals surface area (Å²) in [4.78, 5) is 17.0. The van der Waals surface area contributed by atoms with Gasteiger partial charge < -0.3 is 19.6 Å². The number of benzene rings is 3. The van der Waals surface area contributed by atoms with Crippen molar-refractivity contribution >= 4 is 22.9 Å². The highest BCUT2D eigenvalue weighted by molar-refractivity contribution is 5.97. The molecule has 7 nitrogen and oxygen atoms in total. The van der Waals surface area contributed by atoms with Crippen LogP contribution in [0, 0.1) is 5.82 Å². The zero-order chi connectivity index (χ0) is 27.0. The van der Waals surface area contributed by atoms with E-state index in [1.165, 1.54) is 12.1 Å². The van der Waals surface area contributed by atoms with E-state index in [-0.39, 0.29) is 11.7 Å². The van der Waals surface area contributed by atoms with Gasteiger partial charge in [0.15, 0.2) is 0 Å². The Morgan fingerprint density at radius 2 is 1.95 bits per heavy atom. The summed E-state index contributed by atoms with van der Waals surface area (Å²) in [6, 6.07) is 17.9. The molecule has 2 aliphatic rings. The number of amides is 1. The number of aliphatic hydroxyl groups is 1. The maximum absolute atomic E-state index is 13.4. The van der Waals surface area contributed by atoms with Crippen LogP contribution >= 0.6 is 0 Å². The first-order chi connectivity index (χ1) is 18.2. The summed E-state index contributed by atoms with van der Waals surface area (Å²) in [6.45, 7) is 3.90. The summed E-state index contributed by atoms with van der Waals surface area (Å²) in [5.74, 6) is -0.352. The van der Waals surface area contributed by atoms with Crippen LogP contribution in [0.25, 0.3) is 5.57 Å². The topological polar surface area (TPSA) is 68.3 Å². The van der Waals surface area contributed by atoms with Gasteiger partial charge >= 0.3 is 0 Å². The number of ether oxygens (including phenoxy) is 1. The summed E-state index contributed by atoms with van der Waals surface area (Å²) in [5, 5.41) is 13.9. The molecule has 0 radical (unpaired) electrons. The number of carbonyl (C=O) groups excluding carboxylic acids is 1. The summed E-state index contributed by atoms with van der Waals surface area (Å²) >= 11 is 0. The van der Waals surface area contributed by atoms with Gasteiger partial charge in [-0.2, -0.15) is 0 Å². The van der Waals surface area contributed by atoms with E-state index in [1.54, 1.807) is 38.1 Å². The van der Waals surface area contributed by atoms with E-state index in [1.807, 2.05) is 59.6 Å². The summed E-state index contributed by atoms with van der Waals surface area (Å²) in [5.41, 5.74) is 8.72. The largest absolute Gasteiger partial charge is 0.383 e. The van der Waals surface area contributed by atoms with Crippen molar-refractivity contribution < 1.29 is 19.0 Å². The number of hydrogen-bond donors (Lipinski definition) is 2. The van der Waals surface area contributed by atoms with Crippen LogP contribution in [0.3, 0.4) is 0 Å². The molecule has 0 saturated heterocycles. The lowest BCUT2D eigenvalue weighted by Crippen LogP contribution is -2.33. The molecule has 2 heterocycles. The molecule has 0 aliphatic carbocycles. The number of anilines is 2. The monoisotopic (exact) mass is 516 g/mol. The van der Waals surface area contributed by atoms with Crippen molar-refractivity contribution in [1.82, 2.24) is 15.2 Å². The molecule has 3 aromatic carbocycles. The van der Waals surface area contributed by atoms with Crippen LogP contribution in [0.5, 0.6) is 0 Å². The molecule has 38 heavy (non-hydrogen) atoms. The number of hydrazine groups is 1. The molecule has 0 aromatic heterocycles. The fourth-order valence-electron chi connectivity index (χ4n) is 5.19. The molecule has 2 aliphatic heterocycles. The average molecular weight is 517 g/mol. The first kappa shape index (κ1) is 25.9. The molecule has 0 saturated carbocycles. The second-order valence-corrected chi connectivity index (χ2v) is 10.1. The number of nitrogens with one attached hydrogen (secondary N) is 1. The van der Waals surface area contributed by atoms with E-state index >= 15 is 0 Å². The lowest BCUT2D eigenvalue weighted by molar-refractivity contribution is 0.0742. The van der Waals surface area contributed by atoms with Crippen molar-refractivity contribution in [3.8, 4) is 0 Å². The molecule has 8 heteroatoms. The van der Waals surface area contributed by atoms with Crippen LogP contribution < -0.4 is 10.4 Å². The van der Waals surface area contributed by atoms with Crippen LogP contribution in [0.2, 0.25) is 0 Å². The highest BCUT2D eigenvalue weighted by Gasteiger charge is 2.35. The molecule has 198 valence electrons. The van der Waals surface area contributed by atoms with Crippen molar-refractivity contribution in [1.29, 1.82) is 0 Å². The second kappa shape index (κ2) is 10.2. The Labute approximate surface area is 222 Å². The van der Waals surface area contributed by atoms with Gasteiger partial charge in [0.25, 0.3) is 5.91 Å². The highest BCUT2D eigenvalue weighted by Crippen LogP contribution is 2.43. The maximum atomic E-state index is 13.4. The van der Waals surface area contributed by atoms with Gasteiger partial charge in [0, 0.05) is 58.2 Å². The minimum Gasteiger partial charge on any atom is -0.383 e. The van der Waals surface area contributed by atoms with Crippen LogP contribution in [0.1, 0.15) is 39.5 Å². The summed E-state index contributed by atoms with van der Waals surface area (Å²) in [6.07, 6.45) is 1.96. The first-order valence-electron chi connectivity index (χ1n) is 12.6. The highest BCUT2D eigenvalue weighted by atomic mass is 19.1. The molecule has 1 atom stereocenters. The van der Waals surface area contributed by atoms with Crippen molar-refractivity contribution in [2.75, 3.05) is 39.4 Å². The Bertz CT molecular complexity index is 1390. The Hall–Kier alpha value is -3.72. The third-order valence-corrected chi connectivity index (χ3v) is 7.35. The van der Waals surface area contributed by atoms with Crippen LogP contribution in [-0.2, 0) is 23.4 Å². The number of rotatable bonds is 7. The number of fused-ring (bicyclic) bond motifs is 2. The molecule has 1 amide bonds. The van der Waals surface area contributed by atoms with Crippen molar-refractivity contribution in [3.05, 3.63) is 100 Å². The summed E-state index contributed by atoms with van der Waals surface area (Å²) < 4.78 is 18.6. The minimum atomic E-state index is -1.31. The molecule has 0 spiro atoms. The Balaban J connectivity index is 1.48. The van der Waals surface area contributed by atoms with Crippen molar-refractivity contribution in [2.45, 2.75) is 25.6 Å². The van der Waals surface area contributed by atoms with E-state index in [0.29, 0.717) is 31.8 Å². The molecular weight excluding hydrogens is 483 g/mol. The number of likely N-dealkylation sites (N-methyl/N-ethyl adjacent to an activating group) is 1. The van der Waals surface area contributed by atoms with Gasteiger partial charge in [0.1, 0.15) is 11.4 Å². The third kappa shape index (κ3) is 4.67. The average Bonchev–Trinajstić information content (AvgIpc) is 3.34. The Morgan fingerprint density at radius 3 is 2.68 bits per heavy atom. The van der Waals surface area contributed by atoms with Crippen LogP contribution in [0.15, 0.2) is 66.9 Å². The second-order valence-electron chi connectivity index (χ2n) is 10.1. The fraction of sp³-hybridized carbons (Fsp3) is 0.300. The predicted octanol–water partition coefficient (Wildman–Crippen LogP) is 4.39. The molecule has 1 unspecified atom stereocenters. The van der Waals surface area contributed by atoms with E-state index < -0.39 is 5.60 Å². The van der Waals surface area contributed by atoms with Gasteiger partial charge in [-0.15, -0.1) is 0 Å². The third-order valence-electron chi connectivity index (χ3n) is 7.35. The number of halogens is 1. The van der Waals surface area contributed by atoms with Gasteiger partial charge in [-0.05, 0) is 71.6 Å². The van der Waals surface area contributed by atoms with Gasteiger partial charge in [-0.3, -0.25) is 9.80 Å². The molecular formula is C30H33FN4O3.